The number of carbonyl (C=O) groups excluding carboxylic acids is 1. The highest BCUT2D eigenvalue weighted by atomic mass is 79.9. The molecule has 0 aromatic heterocycles. The van der Waals surface area contributed by atoms with Gasteiger partial charge in [-0.05, 0) is 41.1 Å². The van der Waals surface area contributed by atoms with Crippen molar-refractivity contribution in [2.75, 3.05) is 7.05 Å². The normalized spacial score (nSPS) is 12.0. The molecule has 0 saturated carbocycles. The molecule has 1 aromatic carbocycles. The lowest BCUT2D eigenvalue weighted by Crippen LogP contribution is -2.37. The fourth-order valence-corrected chi connectivity index (χ4v) is 2.08. The Hall–Kier alpha value is -1.01. The van der Waals surface area contributed by atoms with Crippen LogP contribution in [0, 0.1) is 5.82 Å². The predicted molar refractivity (Wildman–Crippen MR) is 77.1 cm³/mol. The Balaban J connectivity index is 2.86. The van der Waals surface area contributed by atoms with Crippen molar-refractivity contribution < 1.29 is 9.18 Å². The summed E-state index contributed by atoms with van der Waals surface area (Å²) >= 11 is 7.87. The molecule has 1 rings (SSSR count). The molecule has 3 nitrogen and oxygen atoms in total. The minimum Gasteiger partial charge on any atom is -0.393 e. The average Bonchev–Trinajstić information content (AvgIpc) is 2.30. The molecule has 0 aliphatic carbocycles. The smallest absolute Gasteiger partial charge is 0.253 e. The topological polar surface area (TPSA) is 46.3 Å². The maximum Gasteiger partial charge on any atom is 0.253 e. The lowest BCUT2D eigenvalue weighted by Gasteiger charge is -2.24. The van der Waals surface area contributed by atoms with E-state index < -0.39 is 5.82 Å². The van der Waals surface area contributed by atoms with Crippen LogP contribution in [-0.4, -0.2) is 28.9 Å². The summed E-state index contributed by atoms with van der Waals surface area (Å²) in [5, 5.41) is 0. The van der Waals surface area contributed by atoms with Crippen LogP contribution in [-0.2, 0) is 0 Å². The van der Waals surface area contributed by atoms with Crippen molar-refractivity contribution in [2.45, 2.75) is 19.4 Å². The summed E-state index contributed by atoms with van der Waals surface area (Å²) in [6.45, 7) is 1.86. The first-order valence-corrected chi connectivity index (χ1v) is 6.53. The molecular formula is C12H14BrFN2OS. The number of hydrogen-bond acceptors (Lipinski definition) is 2. The van der Waals surface area contributed by atoms with Crippen LogP contribution in [0.15, 0.2) is 22.7 Å². The maximum absolute atomic E-state index is 13.1. The number of halogens is 2. The second-order valence-corrected chi connectivity index (χ2v) is 5.44. The Morgan fingerprint density at radius 1 is 1.61 bits per heavy atom. The molecule has 6 heteroatoms. The van der Waals surface area contributed by atoms with E-state index in [-0.39, 0.29) is 16.4 Å². The molecule has 1 amide bonds. The Morgan fingerprint density at radius 2 is 2.22 bits per heavy atom. The summed E-state index contributed by atoms with van der Waals surface area (Å²) in [6, 6.07) is 4.07. The van der Waals surface area contributed by atoms with Crippen molar-refractivity contribution in [1.82, 2.24) is 4.90 Å². The third-order valence-electron chi connectivity index (χ3n) is 2.64. The number of amides is 1. The van der Waals surface area contributed by atoms with Gasteiger partial charge in [0, 0.05) is 25.1 Å². The minimum absolute atomic E-state index is 0.0983. The Kier molecular flexibility index (Phi) is 5.22. The van der Waals surface area contributed by atoms with Gasteiger partial charge in [0.2, 0.25) is 0 Å². The molecule has 0 aliphatic heterocycles. The molecule has 0 aliphatic rings. The monoisotopic (exact) mass is 332 g/mol. The van der Waals surface area contributed by atoms with Crippen LogP contribution in [0.4, 0.5) is 4.39 Å². The number of thiocarbonyl (C=S) groups is 1. The Morgan fingerprint density at radius 3 is 2.72 bits per heavy atom. The summed E-state index contributed by atoms with van der Waals surface area (Å²) in [7, 11) is 1.67. The van der Waals surface area contributed by atoms with Gasteiger partial charge in [-0.1, -0.05) is 12.2 Å². The molecule has 0 radical (unpaired) electrons. The second-order valence-electron chi connectivity index (χ2n) is 4.06. The first kappa shape index (κ1) is 15.0. The van der Waals surface area contributed by atoms with Gasteiger partial charge in [-0.15, -0.1) is 0 Å². The van der Waals surface area contributed by atoms with E-state index in [4.69, 9.17) is 18.0 Å². The van der Waals surface area contributed by atoms with Crippen molar-refractivity contribution in [3.8, 4) is 0 Å². The molecule has 0 fully saturated rings. The van der Waals surface area contributed by atoms with Gasteiger partial charge >= 0.3 is 0 Å². The van der Waals surface area contributed by atoms with Crippen LogP contribution in [0.2, 0.25) is 0 Å². The van der Waals surface area contributed by atoms with Crippen molar-refractivity contribution >= 4 is 39.0 Å². The van der Waals surface area contributed by atoms with E-state index in [1.807, 2.05) is 6.92 Å². The molecule has 0 spiro atoms. The van der Waals surface area contributed by atoms with Crippen molar-refractivity contribution in [2.24, 2.45) is 5.73 Å². The SMILES string of the molecule is CC(CC(N)=S)N(C)C(=O)c1ccc(F)c(Br)c1. The minimum atomic E-state index is -0.398. The summed E-state index contributed by atoms with van der Waals surface area (Å²) in [4.78, 5) is 14.0. The van der Waals surface area contributed by atoms with Gasteiger partial charge in [0.05, 0.1) is 9.46 Å². The second kappa shape index (κ2) is 6.24. The molecule has 1 atom stereocenters. The largest absolute Gasteiger partial charge is 0.393 e. The van der Waals surface area contributed by atoms with E-state index in [0.29, 0.717) is 17.0 Å². The van der Waals surface area contributed by atoms with Gasteiger partial charge in [0.15, 0.2) is 0 Å². The lowest BCUT2D eigenvalue weighted by molar-refractivity contribution is 0.0748. The Bertz CT molecular complexity index is 481. The van der Waals surface area contributed by atoms with Gasteiger partial charge in [-0.2, -0.15) is 0 Å². The molecule has 1 unspecified atom stereocenters. The number of nitrogens with two attached hydrogens (primary N) is 1. The number of rotatable bonds is 4. The zero-order valence-electron chi connectivity index (χ0n) is 10.1. The maximum atomic E-state index is 13.1. The summed E-state index contributed by atoms with van der Waals surface area (Å²) in [6.07, 6.45) is 0.458. The van der Waals surface area contributed by atoms with Crippen LogP contribution in [0.1, 0.15) is 23.7 Å². The first-order chi connectivity index (χ1) is 8.32. The third kappa shape index (κ3) is 3.74. The highest BCUT2D eigenvalue weighted by Crippen LogP contribution is 2.18. The zero-order valence-corrected chi connectivity index (χ0v) is 12.5. The van der Waals surface area contributed by atoms with Gasteiger partial charge < -0.3 is 10.6 Å². The van der Waals surface area contributed by atoms with E-state index in [0.717, 1.165) is 0 Å². The molecule has 0 saturated heterocycles. The van der Waals surface area contributed by atoms with E-state index >= 15 is 0 Å². The van der Waals surface area contributed by atoms with Gasteiger partial charge in [-0.3, -0.25) is 4.79 Å². The van der Waals surface area contributed by atoms with Gasteiger partial charge in [0.1, 0.15) is 5.82 Å². The first-order valence-electron chi connectivity index (χ1n) is 5.33. The third-order valence-corrected chi connectivity index (χ3v) is 3.42. The van der Waals surface area contributed by atoms with E-state index in [9.17, 15) is 9.18 Å². The van der Waals surface area contributed by atoms with Crippen molar-refractivity contribution in [3.05, 3.63) is 34.1 Å². The summed E-state index contributed by atoms with van der Waals surface area (Å²) in [5.74, 6) is -0.593. The van der Waals surface area contributed by atoms with Crippen LogP contribution < -0.4 is 5.73 Å². The molecule has 0 bridgehead atoms. The predicted octanol–water partition coefficient (Wildman–Crippen LogP) is 2.72. The summed E-state index contributed by atoms with van der Waals surface area (Å²) in [5.41, 5.74) is 5.87. The van der Waals surface area contributed by atoms with Crippen LogP contribution in [0.25, 0.3) is 0 Å². The van der Waals surface area contributed by atoms with Crippen LogP contribution >= 0.6 is 28.1 Å². The lowest BCUT2D eigenvalue weighted by atomic mass is 10.1. The highest BCUT2D eigenvalue weighted by molar-refractivity contribution is 9.10. The Labute approximate surface area is 119 Å². The molecule has 0 heterocycles. The average molecular weight is 333 g/mol. The van der Waals surface area contributed by atoms with Crippen LogP contribution in [0.5, 0.6) is 0 Å². The molecular weight excluding hydrogens is 319 g/mol. The van der Waals surface area contributed by atoms with Crippen LogP contribution in [0.3, 0.4) is 0 Å². The molecule has 18 heavy (non-hydrogen) atoms. The zero-order chi connectivity index (χ0) is 13.9. The van der Waals surface area contributed by atoms with Crippen molar-refractivity contribution in [3.63, 3.8) is 0 Å². The number of carbonyl (C=O) groups is 1. The van der Waals surface area contributed by atoms with Gasteiger partial charge in [-0.25, -0.2) is 4.39 Å². The standard InChI is InChI=1S/C12H14BrFN2OS/c1-7(5-11(15)18)16(2)12(17)8-3-4-10(14)9(13)6-8/h3-4,6-7H,5H2,1-2H3,(H2,15,18). The fourth-order valence-electron chi connectivity index (χ4n) is 1.46. The number of benzene rings is 1. The number of hydrogen-bond donors (Lipinski definition) is 1. The van der Waals surface area contributed by atoms with Crippen molar-refractivity contribution in [1.29, 1.82) is 0 Å². The quantitative estimate of drug-likeness (QED) is 0.862. The molecule has 98 valence electrons. The summed E-state index contributed by atoms with van der Waals surface area (Å²) < 4.78 is 13.4. The number of nitrogens with zero attached hydrogens (tertiary/aromatic N) is 1. The van der Waals surface area contributed by atoms with E-state index in [1.54, 1.807) is 11.9 Å². The molecule has 1 aromatic rings. The highest BCUT2D eigenvalue weighted by Gasteiger charge is 2.18. The molecule has 2 N–H and O–H groups in total. The van der Waals surface area contributed by atoms with E-state index in [1.165, 1.54) is 18.2 Å². The van der Waals surface area contributed by atoms with E-state index in [2.05, 4.69) is 15.9 Å². The fraction of sp³-hybridized carbons (Fsp3) is 0.333. The van der Waals surface area contributed by atoms with Gasteiger partial charge in [0.25, 0.3) is 5.91 Å².